The second kappa shape index (κ2) is 4.21. The van der Waals surface area contributed by atoms with E-state index in [9.17, 15) is 23.6 Å². The lowest BCUT2D eigenvalue weighted by molar-refractivity contribution is -0.389. The van der Waals surface area contributed by atoms with E-state index in [0.717, 1.165) is 31.2 Å². The Hall–Kier alpha value is -1.58. The molecule has 2 heterocycles. The van der Waals surface area contributed by atoms with E-state index in [1.165, 1.54) is 4.31 Å². The molecule has 0 atom stereocenters. The van der Waals surface area contributed by atoms with Gasteiger partial charge in [-0.1, -0.05) is 0 Å². The highest BCUT2D eigenvalue weighted by atomic mass is 32.2. The summed E-state index contributed by atoms with van der Waals surface area (Å²) in [4.78, 5) is 13.2. The fraction of sp³-hybridized carbons (Fsp3) is 0.545. The minimum Gasteiger partial charge on any atom is -0.387 e. The second-order valence-corrected chi connectivity index (χ2v) is 7.20. The summed E-state index contributed by atoms with van der Waals surface area (Å²) in [7, 11) is -3.73. The van der Waals surface area contributed by atoms with E-state index in [-0.39, 0.29) is 23.9 Å². The molecule has 1 saturated carbocycles. The van der Waals surface area contributed by atoms with Crippen molar-refractivity contribution in [3.8, 4) is 0 Å². The van der Waals surface area contributed by atoms with E-state index in [4.69, 9.17) is 0 Å². The predicted octanol–water partition coefficient (Wildman–Crippen LogP) is 0.135. The third-order valence-electron chi connectivity index (χ3n) is 3.78. The van der Waals surface area contributed by atoms with Crippen molar-refractivity contribution < 1.29 is 18.4 Å². The van der Waals surface area contributed by atoms with Gasteiger partial charge >= 0.3 is 5.82 Å². The standard InChI is InChI=1S/C11H13N3O5S/c15-11(8-1-2-8)6-13(7-11)20(18,19)9-3-4-10(12-5-9)14(16)17/h3-5,8,15H,1-2,6-7H2. The minimum atomic E-state index is -3.73. The first-order valence-electron chi connectivity index (χ1n) is 6.16. The van der Waals surface area contributed by atoms with Crippen LogP contribution < -0.4 is 0 Å². The number of hydrogen-bond donors (Lipinski definition) is 1. The van der Waals surface area contributed by atoms with Crippen molar-refractivity contribution in [1.29, 1.82) is 0 Å². The van der Waals surface area contributed by atoms with Gasteiger partial charge in [0.2, 0.25) is 10.0 Å². The third kappa shape index (κ3) is 2.07. The van der Waals surface area contributed by atoms with Crippen molar-refractivity contribution in [3.63, 3.8) is 0 Å². The zero-order chi connectivity index (χ0) is 14.5. The predicted molar refractivity (Wildman–Crippen MR) is 67.3 cm³/mol. The molecule has 1 aromatic heterocycles. The molecule has 0 radical (unpaired) electrons. The van der Waals surface area contributed by atoms with Gasteiger partial charge in [0, 0.05) is 19.2 Å². The average Bonchev–Trinajstić information content (AvgIpc) is 3.19. The summed E-state index contributed by atoms with van der Waals surface area (Å²) in [6.45, 7) is 0.161. The highest BCUT2D eigenvalue weighted by Crippen LogP contribution is 2.45. The summed E-state index contributed by atoms with van der Waals surface area (Å²) >= 11 is 0. The second-order valence-electron chi connectivity index (χ2n) is 5.26. The van der Waals surface area contributed by atoms with Crippen molar-refractivity contribution in [2.45, 2.75) is 23.3 Å². The van der Waals surface area contributed by atoms with Crippen molar-refractivity contribution >= 4 is 15.8 Å². The van der Waals surface area contributed by atoms with Crippen LogP contribution in [0.4, 0.5) is 5.82 Å². The van der Waals surface area contributed by atoms with E-state index in [1.54, 1.807) is 0 Å². The van der Waals surface area contributed by atoms with Crippen LogP contribution in [0.3, 0.4) is 0 Å². The van der Waals surface area contributed by atoms with Gasteiger partial charge in [0.05, 0.1) is 5.60 Å². The van der Waals surface area contributed by atoms with Crippen LogP contribution in [0.2, 0.25) is 0 Å². The molecule has 1 N–H and O–H groups in total. The molecule has 0 unspecified atom stereocenters. The van der Waals surface area contributed by atoms with Crippen LogP contribution >= 0.6 is 0 Å². The van der Waals surface area contributed by atoms with E-state index < -0.39 is 26.4 Å². The van der Waals surface area contributed by atoms with Gasteiger partial charge in [0.15, 0.2) is 6.20 Å². The van der Waals surface area contributed by atoms with Crippen molar-refractivity contribution in [3.05, 3.63) is 28.4 Å². The third-order valence-corrected chi connectivity index (χ3v) is 5.56. The average molecular weight is 299 g/mol. The van der Waals surface area contributed by atoms with Crippen molar-refractivity contribution in [2.75, 3.05) is 13.1 Å². The lowest BCUT2D eigenvalue weighted by atomic mass is 9.91. The number of β-amino-alcohol motifs (C(OH)–C–C–N with tert-alkyl or cyclic N) is 1. The van der Waals surface area contributed by atoms with Gasteiger partial charge < -0.3 is 15.2 Å². The van der Waals surface area contributed by atoms with Crippen LogP contribution in [-0.4, -0.2) is 46.4 Å². The first-order chi connectivity index (χ1) is 9.33. The van der Waals surface area contributed by atoms with E-state index in [2.05, 4.69) is 4.98 Å². The van der Waals surface area contributed by atoms with Crippen LogP contribution in [-0.2, 0) is 10.0 Å². The Kier molecular flexibility index (Phi) is 2.82. The van der Waals surface area contributed by atoms with Gasteiger partial charge in [-0.2, -0.15) is 4.31 Å². The first-order valence-corrected chi connectivity index (χ1v) is 7.60. The molecule has 1 aliphatic carbocycles. The Balaban J connectivity index is 1.77. The molecule has 0 bridgehead atoms. The first kappa shape index (κ1) is 13.4. The lowest BCUT2D eigenvalue weighted by Crippen LogP contribution is -2.64. The zero-order valence-electron chi connectivity index (χ0n) is 10.5. The van der Waals surface area contributed by atoms with E-state index in [0.29, 0.717) is 0 Å². The molecule has 2 aliphatic rings. The van der Waals surface area contributed by atoms with Crippen molar-refractivity contribution in [2.24, 2.45) is 5.92 Å². The van der Waals surface area contributed by atoms with Gasteiger partial charge in [-0.15, -0.1) is 0 Å². The van der Waals surface area contributed by atoms with E-state index in [1.807, 2.05) is 0 Å². The van der Waals surface area contributed by atoms with Gasteiger partial charge in [0.1, 0.15) is 4.90 Å². The smallest absolute Gasteiger partial charge is 0.363 e. The molecule has 3 rings (SSSR count). The number of pyridine rings is 1. The minimum absolute atomic E-state index is 0.0803. The van der Waals surface area contributed by atoms with Crippen LogP contribution in [0, 0.1) is 16.0 Å². The zero-order valence-corrected chi connectivity index (χ0v) is 11.3. The van der Waals surface area contributed by atoms with Crippen LogP contribution in [0.1, 0.15) is 12.8 Å². The number of sulfonamides is 1. The largest absolute Gasteiger partial charge is 0.387 e. The molecule has 1 aromatic rings. The quantitative estimate of drug-likeness (QED) is 0.624. The number of nitrogens with zero attached hydrogens (tertiary/aromatic N) is 3. The lowest BCUT2D eigenvalue weighted by Gasteiger charge is -2.45. The maximum absolute atomic E-state index is 12.2. The summed E-state index contributed by atoms with van der Waals surface area (Å²) in [6.07, 6.45) is 2.84. The summed E-state index contributed by atoms with van der Waals surface area (Å²) in [5.74, 6) is -0.203. The maximum Gasteiger partial charge on any atom is 0.363 e. The summed E-state index contributed by atoms with van der Waals surface area (Å²) in [5.41, 5.74) is -0.902. The molecule has 0 spiro atoms. The molecule has 0 aromatic carbocycles. The van der Waals surface area contributed by atoms with Crippen LogP contribution in [0.15, 0.2) is 23.2 Å². The molecule has 1 saturated heterocycles. The Morgan fingerprint density at radius 3 is 2.50 bits per heavy atom. The van der Waals surface area contributed by atoms with Crippen LogP contribution in [0.5, 0.6) is 0 Å². The molecule has 8 nitrogen and oxygen atoms in total. The van der Waals surface area contributed by atoms with Gasteiger partial charge in [-0.25, -0.2) is 8.42 Å². The normalized spacial score (nSPS) is 22.2. The molecule has 1 aliphatic heterocycles. The van der Waals surface area contributed by atoms with Gasteiger partial charge in [-0.3, -0.25) is 0 Å². The Morgan fingerprint density at radius 1 is 1.40 bits per heavy atom. The molecule has 2 fully saturated rings. The van der Waals surface area contributed by atoms with E-state index >= 15 is 0 Å². The molecular weight excluding hydrogens is 286 g/mol. The molecule has 20 heavy (non-hydrogen) atoms. The highest BCUT2D eigenvalue weighted by molar-refractivity contribution is 7.89. The summed E-state index contributed by atoms with van der Waals surface area (Å²) in [6, 6.07) is 2.22. The van der Waals surface area contributed by atoms with Gasteiger partial charge in [0.25, 0.3) is 0 Å². The fourth-order valence-corrected chi connectivity index (χ4v) is 3.91. The SMILES string of the molecule is O=[N+]([O-])c1ccc(S(=O)(=O)N2CC(O)(C3CC3)C2)cn1. The number of aromatic nitrogens is 1. The Labute approximate surface area is 115 Å². The number of rotatable bonds is 4. The molecular formula is C11H13N3O5S. The molecule has 108 valence electrons. The topological polar surface area (TPSA) is 114 Å². The fourth-order valence-electron chi connectivity index (χ4n) is 2.40. The Bertz CT molecular complexity index is 647. The maximum atomic E-state index is 12.2. The summed E-state index contributed by atoms with van der Waals surface area (Å²) < 4.78 is 25.6. The Morgan fingerprint density at radius 2 is 2.05 bits per heavy atom. The number of nitro groups is 1. The van der Waals surface area contributed by atoms with Gasteiger partial charge in [-0.05, 0) is 34.7 Å². The van der Waals surface area contributed by atoms with Crippen LogP contribution in [0.25, 0.3) is 0 Å². The monoisotopic (exact) mass is 299 g/mol. The highest BCUT2D eigenvalue weighted by Gasteiger charge is 2.55. The number of aliphatic hydroxyl groups is 1. The summed E-state index contributed by atoms with van der Waals surface area (Å²) in [5, 5.41) is 20.6. The number of hydrogen-bond acceptors (Lipinski definition) is 6. The molecule has 9 heteroatoms. The molecule has 0 amide bonds. The van der Waals surface area contributed by atoms with Crippen molar-refractivity contribution in [1.82, 2.24) is 9.29 Å².